The Labute approximate surface area is 334 Å². The molecule has 4 heterocycles. The lowest BCUT2D eigenvalue weighted by Crippen LogP contribution is -2.02. The summed E-state index contributed by atoms with van der Waals surface area (Å²) in [6.07, 6.45) is 8.84. The van der Waals surface area contributed by atoms with Gasteiger partial charge < -0.3 is 18.3 Å². The molecule has 0 spiro atoms. The molecule has 272 valence electrons. The van der Waals surface area contributed by atoms with Gasteiger partial charge in [-0.3, -0.25) is 0 Å². The average molecular weight is 741 g/mol. The largest absolute Gasteiger partial charge is 0.311 e. The summed E-state index contributed by atoms with van der Waals surface area (Å²) in [6, 6.07) is 64.9. The minimum absolute atomic E-state index is 1.00. The molecule has 4 heteroatoms. The van der Waals surface area contributed by atoms with E-state index in [0.29, 0.717) is 0 Å². The molecule has 0 atom stereocenters. The molecule has 0 radical (unpaired) electrons. The van der Waals surface area contributed by atoms with E-state index in [1.165, 1.54) is 92.9 Å². The van der Waals surface area contributed by atoms with Gasteiger partial charge in [0.2, 0.25) is 0 Å². The number of fused-ring (bicyclic) bond motifs is 14. The Morgan fingerprint density at radius 2 is 0.638 bits per heavy atom. The van der Waals surface area contributed by atoms with E-state index in [2.05, 4.69) is 212 Å². The second-order valence-electron chi connectivity index (χ2n) is 15.6. The van der Waals surface area contributed by atoms with Crippen LogP contribution in [0.5, 0.6) is 0 Å². The Kier molecular flexibility index (Phi) is 6.53. The molecule has 0 bridgehead atoms. The zero-order valence-electron chi connectivity index (χ0n) is 31.7. The number of rotatable bonds is 4. The number of aromatic nitrogens is 4. The normalized spacial score (nSPS) is 13.4. The summed E-state index contributed by atoms with van der Waals surface area (Å²) < 4.78 is 9.98. The van der Waals surface area contributed by atoms with Gasteiger partial charge in [-0.15, -0.1) is 0 Å². The van der Waals surface area contributed by atoms with Crippen molar-refractivity contribution in [1.82, 2.24) is 18.3 Å². The van der Waals surface area contributed by atoms with Crippen LogP contribution in [0.4, 0.5) is 0 Å². The summed E-state index contributed by atoms with van der Waals surface area (Å²) in [6.45, 7) is 0. The first kappa shape index (κ1) is 31.6. The van der Waals surface area contributed by atoms with Crippen LogP contribution in [-0.4, -0.2) is 18.3 Å². The zero-order chi connectivity index (χ0) is 37.9. The van der Waals surface area contributed by atoms with Crippen LogP contribution >= 0.6 is 0 Å². The van der Waals surface area contributed by atoms with Crippen molar-refractivity contribution in [2.24, 2.45) is 0 Å². The van der Waals surface area contributed by atoms with Gasteiger partial charge in [-0.1, -0.05) is 127 Å². The molecule has 58 heavy (non-hydrogen) atoms. The van der Waals surface area contributed by atoms with Crippen molar-refractivity contribution < 1.29 is 0 Å². The highest BCUT2D eigenvalue weighted by molar-refractivity contribution is 6.25. The van der Waals surface area contributed by atoms with Crippen LogP contribution in [0.15, 0.2) is 194 Å². The molecule has 0 unspecified atom stereocenters. The quantitative estimate of drug-likeness (QED) is 0.171. The van der Waals surface area contributed by atoms with E-state index in [0.717, 1.165) is 29.9 Å². The third-order valence-electron chi connectivity index (χ3n) is 12.6. The minimum atomic E-state index is 1.00. The molecule has 0 aliphatic heterocycles. The van der Waals surface area contributed by atoms with E-state index in [1.54, 1.807) is 0 Å². The van der Waals surface area contributed by atoms with Crippen molar-refractivity contribution in [3.8, 4) is 17.1 Å². The van der Waals surface area contributed by atoms with Crippen LogP contribution in [0.25, 0.3) is 110 Å². The molecular formula is C54H36N4. The molecule has 0 amide bonds. The van der Waals surface area contributed by atoms with Gasteiger partial charge in [0.05, 0.1) is 44.1 Å². The van der Waals surface area contributed by atoms with Crippen LogP contribution < -0.4 is 0 Å². The first-order chi connectivity index (χ1) is 28.8. The number of nitrogens with zero attached hydrogens (tertiary/aromatic N) is 4. The summed E-state index contributed by atoms with van der Waals surface area (Å²) in [5.41, 5.74) is 14.6. The summed E-state index contributed by atoms with van der Waals surface area (Å²) >= 11 is 0. The topological polar surface area (TPSA) is 19.7 Å². The number of hydrogen-bond donors (Lipinski definition) is 0. The van der Waals surface area contributed by atoms with Crippen molar-refractivity contribution in [2.45, 2.75) is 12.8 Å². The standard InChI is InChI=1S/C54H36N4/c1-3-15-35(16-4-1)55-47-23-11-7-19-39(47)43-31-33-45-41-21-9-13-25-49(41)57(53(45)51(43)55)37-27-29-38(30-28-37)58-50-26-14-10-22-42(50)46-34-32-44-40-20-8-12-24-48(40)56(52(44)54(46)58)36-17-5-2-6-18-36/h1-5,7-17,19-34H,6,18H2. The SMILES string of the molecule is C1=CCCC(n2c3ccccc3c3ccc4c5ccccc5n(-c5ccc(-n6c7ccccc7c7ccc8c9ccccc9n(-c9ccccc9)c8c76)cc5)c4c32)=C1. The van der Waals surface area contributed by atoms with Gasteiger partial charge >= 0.3 is 0 Å². The summed E-state index contributed by atoms with van der Waals surface area (Å²) in [5, 5.41) is 10.1. The predicted octanol–water partition coefficient (Wildman–Crippen LogP) is 14.3. The van der Waals surface area contributed by atoms with Crippen LogP contribution in [0.2, 0.25) is 0 Å². The molecule has 0 saturated carbocycles. The van der Waals surface area contributed by atoms with E-state index in [-0.39, 0.29) is 0 Å². The third-order valence-corrected chi connectivity index (χ3v) is 12.6. The van der Waals surface area contributed by atoms with E-state index in [9.17, 15) is 0 Å². The maximum Gasteiger partial charge on any atom is 0.0788 e. The fourth-order valence-electron chi connectivity index (χ4n) is 10.2. The van der Waals surface area contributed by atoms with Gasteiger partial charge in [0.15, 0.2) is 0 Å². The maximum absolute atomic E-state index is 2.54. The van der Waals surface area contributed by atoms with Gasteiger partial charge in [-0.2, -0.15) is 0 Å². The number of hydrogen-bond acceptors (Lipinski definition) is 0. The Morgan fingerprint density at radius 3 is 1.03 bits per heavy atom. The van der Waals surface area contributed by atoms with Crippen LogP contribution in [0.1, 0.15) is 12.8 Å². The van der Waals surface area contributed by atoms with Crippen molar-refractivity contribution in [1.29, 1.82) is 0 Å². The van der Waals surface area contributed by atoms with E-state index < -0.39 is 0 Å². The Morgan fingerprint density at radius 1 is 0.293 bits per heavy atom. The molecule has 1 aliphatic carbocycles. The number of allylic oxidation sites excluding steroid dienone is 4. The lowest BCUT2D eigenvalue weighted by molar-refractivity contribution is 0.979. The predicted molar refractivity (Wildman–Crippen MR) is 245 cm³/mol. The highest BCUT2D eigenvalue weighted by atomic mass is 15.1. The van der Waals surface area contributed by atoms with Crippen molar-refractivity contribution in [3.05, 3.63) is 194 Å². The molecule has 8 aromatic carbocycles. The molecule has 0 fully saturated rings. The van der Waals surface area contributed by atoms with Gasteiger partial charge in [-0.25, -0.2) is 0 Å². The molecule has 12 aromatic rings. The second kappa shape index (κ2) is 12.0. The molecule has 0 saturated heterocycles. The highest BCUT2D eigenvalue weighted by Gasteiger charge is 2.24. The number of para-hydroxylation sites is 5. The first-order valence-electron chi connectivity index (χ1n) is 20.3. The Hall–Kier alpha value is -7.56. The smallest absolute Gasteiger partial charge is 0.0788 e. The molecule has 13 rings (SSSR count). The van der Waals surface area contributed by atoms with Crippen LogP contribution in [0, 0.1) is 0 Å². The molecular weight excluding hydrogens is 705 g/mol. The molecule has 1 aliphatic rings. The van der Waals surface area contributed by atoms with Gasteiger partial charge in [0.25, 0.3) is 0 Å². The summed E-state index contributed by atoms with van der Waals surface area (Å²) in [4.78, 5) is 0. The Balaban J connectivity index is 1.11. The number of benzene rings is 8. The van der Waals surface area contributed by atoms with Crippen LogP contribution in [0.3, 0.4) is 0 Å². The van der Waals surface area contributed by atoms with Gasteiger partial charge in [-0.05, 0) is 79.6 Å². The first-order valence-corrected chi connectivity index (χ1v) is 20.3. The monoisotopic (exact) mass is 740 g/mol. The van der Waals surface area contributed by atoms with Crippen LogP contribution in [-0.2, 0) is 0 Å². The lowest BCUT2D eigenvalue weighted by Gasteiger charge is -2.16. The fraction of sp³-hybridized carbons (Fsp3) is 0.0370. The van der Waals surface area contributed by atoms with Crippen molar-refractivity contribution in [2.75, 3.05) is 0 Å². The van der Waals surface area contributed by atoms with Gasteiger partial charge in [0, 0.05) is 65.8 Å². The van der Waals surface area contributed by atoms with E-state index in [4.69, 9.17) is 0 Å². The minimum Gasteiger partial charge on any atom is -0.311 e. The Bertz CT molecular complexity index is 3710. The van der Waals surface area contributed by atoms with Gasteiger partial charge in [0.1, 0.15) is 0 Å². The van der Waals surface area contributed by atoms with Crippen molar-refractivity contribution in [3.63, 3.8) is 0 Å². The molecule has 0 N–H and O–H groups in total. The lowest BCUT2D eigenvalue weighted by atomic mass is 10.1. The summed E-state index contributed by atoms with van der Waals surface area (Å²) in [7, 11) is 0. The molecule has 4 nitrogen and oxygen atoms in total. The van der Waals surface area contributed by atoms with E-state index >= 15 is 0 Å². The fourth-order valence-corrected chi connectivity index (χ4v) is 10.2. The van der Waals surface area contributed by atoms with Crippen molar-refractivity contribution >= 4 is 92.9 Å². The second-order valence-corrected chi connectivity index (χ2v) is 15.6. The molecule has 4 aromatic heterocycles. The van der Waals surface area contributed by atoms with E-state index in [1.807, 2.05) is 0 Å². The highest BCUT2D eigenvalue weighted by Crippen LogP contribution is 2.44. The average Bonchev–Trinajstić information content (AvgIpc) is 4.02. The zero-order valence-corrected chi connectivity index (χ0v) is 31.7. The maximum atomic E-state index is 2.54. The third kappa shape index (κ3) is 4.24. The summed E-state index contributed by atoms with van der Waals surface area (Å²) in [5.74, 6) is 0.